The zero-order valence-corrected chi connectivity index (χ0v) is 9.80. The fraction of sp³-hybridized carbons (Fsp3) is 0.0909. The first-order valence-corrected chi connectivity index (χ1v) is 5.24. The number of rotatable bonds is 1. The fourth-order valence-corrected chi connectivity index (χ4v) is 2.05. The van der Waals surface area contributed by atoms with E-state index in [-0.39, 0.29) is 10.7 Å². The molecule has 0 amide bonds. The average Bonchev–Trinajstić information content (AvgIpc) is 2.18. The van der Waals surface area contributed by atoms with Crippen LogP contribution >= 0.6 is 23.2 Å². The van der Waals surface area contributed by atoms with Gasteiger partial charge in [0.1, 0.15) is 5.15 Å². The van der Waals surface area contributed by atoms with Gasteiger partial charge >= 0.3 is 5.97 Å². The third-order valence-corrected chi connectivity index (χ3v) is 2.81. The maximum atomic E-state index is 10.9. The number of hydrogen-bond acceptors (Lipinski definition) is 2. The Balaban J connectivity index is 2.84. The molecular formula is C11H7Cl2NO2. The molecule has 0 unspecified atom stereocenters. The third kappa shape index (κ3) is 1.84. The van der Waals surface area contributed by atoms with Gasteiger partial charge in [-0.1, -0.05) is 23.2 Å². The molecular weight excluding hydrogens is 249 g/mol. The van der Waals surface area contributed by atoms with Crippen LogP contribution in [-0.2, 0) is 0 Å². The lowest BCUT2D eigenvalue weighted by Gasteiger charge is -2.05. The minimum absolute atomic E-state index is 0.207. The van der Waals surface area contributed by atoms with Crippen molar-refractivity contribution < 1.29 is 9.90 Å². The van der Waals surface area contributed by atoms with Crippen LogP contribution in [-0.4, -0.2) is 16.1 Å². The van der Waals surface area contributed by atoms with E-state index in [0.717, 1.165) is 0 Å². The predicted molar refractivity (Wildman–Crippen MR) is 63.5 cm³/mol. The van der Waals surface area contributed by atoms with Crippen molar-refractivity contribution in [1.29, 1.82) is 0 Å². The maximum Gasteiger partial charge on any atom is 0.336 e. The molecule has 0 spiro atoms. The molecule has 82 valence electrons. The minimum atomic E-state index is -0.989. The van der Waals surface area contributed by atoms with E-state index in [2.05, 4.69) is 4.98 Å². The number of benzene rings is 1. The van der Waals surface area contributed by atoms with Crippen molar-refractivity contribution in [2.24, 2.45) is 0 Å². The predicted octanol–water partition coefficient (Wildman–Crippen LogP) is 3.55. The highest BCUT2D eigenvalue weighted by Gasteiger charge is 2.11. The molecule has 2 rings (SSSR count). The van der Waals surface area contributed by atoms with E-state index >= 15 is 0 Å². The highest BCUT2D eigenvalue weighted by Crippen LogP contribution is 2.27. The van der Waals surface area contributed by atoms with E-state index in [9.17, 15) is 4.79 Å². The SMILES string of the molecule is Cc1cc2c(Cl)cc(Cl)nc2cc1C(=O)O. The summed E-state index contributed by atoms with van der Waals surface area (Å²) in [6, 6.07) is 4.71. The van der Waals surface area contributed by atoms with Gasteiger partial charge in [-0.3, -0.25) is 0 Å². The van der Waals surface area contributed by atoms with Crippen LogP contribution in [0.4, 0.5) is 0 Å². The van der Waals surface area contributed by atoms with E-state index < -0.39 is 5.97 Å². The van der Waals surface area contributed by atoms with Gasteiger partial charge in [-0.2, -0.15) is 0 Å². The molecule has 0 fully saturated rings. The second-order valence-corrected chi connectivity index (χ2v) is 4.21. The number of carboxylic acid groups (broad SMARTS) is 1. The van der Waals surface area contributed by atoms with E-state index in [0.29, 0.717) is 21.5 Å². The standard InChI is InChI=1S/C11H7Cl2NO2/c1-5-2-7-8(12)4-10(13)14-9(7)3-6(5)11(15)16/h2-4H,1H3,(H,15,16). The maximum absolute atomic E-state index is 10.9. The Kier molecular flexibility index (Phi) is 2.74. The zero-order chi connectivity index (χ0) is 11.9. The highest BCUT2D eigenvalue weighted by molar-refractivity contribution is 6.37. The monoisotopic (exact) mass is 255 g/mol. The van der Waals surface area contributed by atoms with Gasteiger partial charge < -0.3 is 5.11 Å². The fourth-order valence-electron chi connectivity index (χ4n) is 1.54. The molecule has 0 aliphatic rings. The Labute approximate surface area is 102 Å². The summed E-state index contributed by atoms with van der Waals surface area (Å²) in [6.45, 7) is 1.72. The number of halogens is 2. The van der Waals surface area contributed by atoms with E-state index in [4.69, 9.17) is 28.3 Å². The Hall–Kier alpha value is -1.32. The second kappa shape index (κ2) is 3.92. The number of pyridine rings is 1. The number of hydrogen-bond donors (Lipinski definition) is 1. The van der Waals surface area contributed by atoms with E-state index in [1.165, 1.54) is 12.1 Å². The Morgan fingerprint density at radius 2 is 2.00 bits per heavy atom. The first-order valence-electron chi connectivity index (χ1n) is 4.48. The van der Waals surface area contributed by atoms with E-state index in [1.807, 2.05) is 0 Å². The first-order chi connectivity index (χ1) is 7.49. The first kappa shape index (κ1) is 11.2. The number of fused-ring (bicyclic) bond motifs is 1. The van der Waals surface area contributed by atoms with Crippen molar-refractivity contribution in [3.63, 3.8) is 0 Å². The number of aromatic carboxylic acids is 1. The average molecular weight is 256 g/mol. The number of aromatic nitrogens is 1. The third-order valence-electron chi connectivity index (χ3n) is 2.30. The molecule has 0 aliphatic carbocycles. The van der Waals surface area contributed by atoms with Crippen LogP contribution in [0.5, 0.6) is 0 Å². The summed E-state index contributed by atoms with van der Waals surface area (Å²) in [4.78, 5) is 15.0. The van der Waals surface area contributed by atoms with Crippen LogP contribution in [0.25, 0.3) is 10.9 Å². The van der Waals surface area contributed by atoms with Crippen LogP contribution in [0.1, 0.15) is 15.9 Å². The summed E-state index contributed by atoms with van der Waals surface area (Å²) in [6.07, 6.45) is 0. The molecule has 1 aromatic carbocycles. The highest BCUT2D eigenvalue weighted by atomic mass is 35.5. The quantitative estimate of drug-likeness (QED) is 0.793. The van der Waals surface area contributed by atoms with Gasteiger partial charge in [-0.25, -0.2) is 9.78 Å². The van der Waals surface area contributed by atoms with Crippen molar-refractivity contribution >= 4 is 40.1 Å². The molecule has 0 aliphatic heterocycles. The largest absolute Gasteiger partial charge is 0.478 e. The van der Waals surface area contributed by atoms with Gasteiger partial charge in [0, 0.05) is 5.39 Å². The van der Waals surface area contributed by atoms with Gasteiger partial charge in [0.2, 0.25) is 0 Å². The molecule has 2 aromatic rings. The molecule has 1 aromatic heterocycles. The van der Waals surface area contributed by atoms with Crippen LogP contribution < -0.4 is 0 Å². The summed E-state index contributed by atoms with van der Waals surface area (Å²) in [5.41, 5.74) is 1.34. The molecule has 3 nitrogen and oxygen atoms in total. The van der Waals surface area contributed by atoms with Gasteiger partial charge in [0.15, 0.2) is 0 Å². The Morgan fingerprint density at radius 3 is 2.62 bits per heavy atom. The van der Waals surface area contributed by atoms with Crippen molar-refractivity contribution in [3.8, 4) is 0 Å². The summed E-state index contributed by atoms with van der Waals surface area (Å²) >= 11 is 11.7. The smallest absolute Gasteiger partial charge is 0.336 e. The molecule has 0 atom stereocenters. The Bertz CT molecular complexity index is 596. The molecule has 16 heavy (non-hydrogen) atoms. The summed E-state index contributed by atoms with van der Waals surface area (Å²) < 4.78 is 0. The van der Waals surface area contributed by atoms with Crippen molar-refractivity contribution in [2.45, 2.75) is 6.92 Å². The second-order valence-electron chi connectivity index (χ2n) is 3.42. The summed E-state index contributed by atoms with van der Waals surface area (Å²) in [5.74, 6) is -0.989. The van der Waals surface area contributed by atoms with Gasteiger partial charge in [-0.05, 0) is 30.7 Å². The molecule has 0 saturated carbocycles. The van der Waals surface area contributed by atoms with Gasteiger partial charge in [-0.15, -0.1) is 0 Å². The number of nitrogens with zero attached hydrogens (tertiary/aromatic N) is 1. The molecule has 0 radical (unpaired) electrons. The molecule has 1 N–H and O–H groups in total. The summed E-state index contributed by atoms with van der Waals surface area (Å²) in [7, 11) is 0. The zero-order valence-electron chi connectivity index (χ0n) is 8.29. The lowest BCUT2D eigenvalue weighted by Crippen LogP contribution is -2.00. The number of aryl methyl sites for hydroxylation is 1. The molecule has 0 saturated heterocycles. The lowest BCUT2D eigenvalue weighted by molar-refractivity contribution is 0.0696. The molecule has 0 bridgehead atoms. The van der Waals surface area contributed by atoms with Crippen molar-refractivity contribution in [3.05, 3.63) is 39.5 Å². The van der Waals surface area contributed by atoms with Crippen LogP contribution in [0.2, 0.25) is 10.2 Å². The van der Waals surface area contributed by atoms with Crippen LogP contribution in [0, 0.1) is 6.92 Å². The van der Waals surface area contributed by atoms with Gasteiger partial charge in [0.05, 0.1) is 16.1 Å². The van der Waals surface area contributed by atoms with E-state index in [1.54, 1.807) is 13.0 Å². The van der Waals surface area contributed by atoms with Crippen molar-refractivity contribution in [2.75, 3.05) is 0 Å². The van der Waals surface area contributed by atoms with Crippen LogP contribution in [0.3, 0.4) is 0 Å². The number of carbonyl (C=O) groups is 1. The van der Waals surface area contributed by atoms with Crippen molar-refractivity contribution in [1.82, 2.24) is 4.98 Å². The Morgan fingerprint density at radius 1 is 1.31 bits per heavy atom. The minimum Gasteiger partial charge on any atom is -0.478 e. The topological polar surface area (TPSA) is 50.2 Å². The van der Waals surface area contributed by atoms with Crippen LogP contribution in [0.15, 0.2) is 18.2 Å². The summed E-state index contributed by atoms with van der Waals surface area (Å²) in [5, 5.41) is 10.4. The normalized spacial score (nSPS) is 10.7. The number of carboxylic acids is 1. The van der Waals surface area contributed by atoms with Gasteiger partial charge in [0.25, 0.3) is 0 Å². The molecule has 5 heteroatoms. The molecule has 1 heterocycles. The lowest BCUT2D eigenvalue weighted by atomic mass is 10.1.